The van der Waals surface area contributed by atoms with Crippen LogP contribution in [0.3, 0.4) is 0 Å². The van der Waals surface area contributed by atoms with Gasteiger partial charge in [0, 0.05) is 25.6 Å². The number of rotatable bonds is 7. The lowest BCUT2D eigenvalue weighted by Crippen LogP contribution is -2.67. The number of likely N-dealkylation sites (tertiary alicyclic amines) is 2. The van der Waals surface area contributed by atoms with Crippen molar-refractivity contribution in [1.82, 2.24) is 9.80 Å². The molecule has 2 unspecified atom stereocenters. The molecule has 0 saturated carbocycles. The molecule has 3 atom stereocenters. The standard InChI is InChI=1S/C35H44N2O4Si/c1-34(2,3)41-33(39)37-31(29-23-36(24-30(29)32(37)38)22-26-16-10-7-11-17-26)25-40-42(35(4,5)6,27-18-12-8-13-19-27)28-20-14-9-15-21-28/h7-21,29-31H,22-25H2,1-6H3/t29?,30?,31-/m1/s1. The maximum absolute atomic E-state index is 13.9. The van der Waals surface area contributed by atoms with Crippen molar-refractivity contribution >= 4 is 30.7 Å². The van der Waals surface area contributed by atoms with E-state index in [1.807, 2.05) is 51.1 Å². The third kappa shape index (κ3) is 5.96. The van der Waals surface area contributed by atoms with Gasteiger partial charge >= 0.3 is 6.09 Å². The van der Waals surface area contributed by atoms with Gasteiger partial charge in [-0.3, -0.25) is 9.69 Å². The molecule has 2 aliphatic heterocycles. The molecule has 2 heterocycles. The molecule has 2 fully saturated rings. The van der Waals surface area contributed by atoms with Crippen LogP contribution in [0.25, 0.3) is 0 Å². The summed E-state index contributed by atoms with van der Waals surface area (Å²) in [7, 11) is -2.88. The van der Waals surface area contributed by atoms with E-state index in [9.17, 15) is 9.59 Å². The number of carbonyl (C=O) groups is 2. The van der Waals surface area contributed by atoms with Crippen LogP contribution in [0.4, 0.5) is 4.79 Å². The van der Waals surface area contributed by atoms with Gasteiger partial charge in [-0.1, -0.05) is 112 Å². The zero-order valence-corrected chi connectivity index (χ0v) is 26.7. The predicted octanol–water partition coefficient (Wildman–Crippen LogP) is 5.46. The first-order chi connectivity index (χ1) is 19.9. The van der Waals surface area contributed by atoms with E-state index in [1.54, 1.807) is 0 Å². The van der Waals surface area contributed by atoms with Crippen molar-refractivity contribution in [1.29, 1.82) is 0 Å². The van der Waals surface area contributed by atoms with E-state index in [4.69, 9.17) is 9.16 Å². The second-order valence-electron chi connectivity index (χ2n) is 13.7. The smallest absolute Gasteiger partial charge is 0.417 e. The molecule has 2 aliphatic rings. The lowest BCUT2D eigenvalue weighted by molar-refractivity contribution is -0.131. The van der Waals surface area contributed by atoms with Crippen molar-refractivity contribution in [3.63, 3.8) is 0 Å². The summed E-state index contributed by atoms with van der Waals surface area (Å²) < 4.78 is 13.1. The summed E-state index contributed by atoms with van der Waals surface area (Å²) in [4.78, 5) is 31.2. The van der Waals surface area contributed by atoms with Crippen molar-refractivity contribution < 1.29 is 18.8 Å². The van der Waals surface area contributed by atoms with Gasteiger partial charge in [0.25, 0.3) is 8.32 Å². The molecule has 42 heavy (non-hydrogen) atoms. The van der Waals surface area contributed by atoms with Gasteiger partial charge in [0.1, 0.15) is 5.60 Å². The largest absolute Gasteiger partial charge is 0.443 e. The fourth-order valence-corrected chi connectivity index (χ4v) is 11.4. The minimum Gasteiger partial charge on any atom is -0.443 e. The van der Waals surface area contributed by atoms with E-state index in [2.05, 4.69) is 86.3 Å². The number of ether oxygens (including phenoxy) is 1. The van der Waals surface area contributed by atoms with Gasteiger partial charge in [-0.15, -0.1) is 0 Å². The summed E-state index contributed by atoms with van der Waals surface area (Å²) in [5.74, 6) is -0.457. The highest BCUT2D eigenvalue weighted by Crippen LogP contribution is 2.41. The van der Waals surface area contributed by atoms with Crippen LogP contribution < -0.4 is 10.4 Å². The molecule has 3 aromatic carbocycles. The highest BCUT2D eigenvalue weighted by atomic mass is 28.4. The number of benzene rings is 3. The molecular weight excluding hydrogens is 540 g/mol. The van der Waals surface area contributed by atoms with Crippen LogP contribution >= 0.6 is 0 Å². The zero-order valence-electron chi connectivity index (χ0n) is 25.7. The van der Waals surface area contributed by atoms with E-state index >= 15 is 0 Å². The average Bonchev–Trinajstić information content (AvgIpc) is 3.46. The Labute approximate surface area is 251 Å². The van der Waals surface area contributed by atoms with Crippen LogP contribution in [0.1, 0.15) is 47.1 Å². The Bertz CT molecular complexity index is 1330. The summed E-state index contributed by atoms with van der Waals surface area (Å²) in [6.07, 6.45) is -0.576. The number of carbonyl (C=O) groups excluding carboxylic acids is 2. The second kappa shape index (κ2) is 11.8. The van der Waals surface area contributed by atoms with E-state index in [-0.39, 0.29) is 29.4 Å². The number of fused-ring (bicyclic) bond motifs is 1. The first kappa shape index (κ1) is 30.2. The average molecular weight is 585 g/mol. The molecule has 3 aromatic rings. The molecule has 0 aliphatic carbocycles. The Morgan fingerprint density at radius 1 is 0.810 bits per heavy atom. The fraction of sp³-hybridized carbons (Fsp3) is 0.429. The van der Waals surface area contributed by atoms with Crippen molar-refractivity contribution in [3.05, 3.63) is 96.6 Å². The molecule has 2 amide bonds. The normalized spacial score (nSPS) is 21.4. The van der Waals surface area contributed by atoms with Crippen LogP contribution in [-0.2, 0) is 20.5 Å². The highest BCUT2D eigenvalue weighted by Gasteiger charge is 2.57. The van der Waals surface area contributed by atoms with Crippen LogP contribution in [0.2, 0.25) is 5.04 Å². The van der Waals surface area contributed by atoms with E-state index in [0.717, 1.165) is 13.1 Å². The molecule has 0 aromatic heterocycles. The summed E-state index contributed by atoms with van der Waals surface area (Å²) in [6, 6.07) is 30.9. The minimum atomic E-state index is -2.88. The third-order valence-electron chi connectivity index (χ3n) is 8.55. The zero-order chi connectivity index (χ0) is 30.1. The highest BCUT2D eigenvalue weighted by molar-refractivity contribution is 6.99. The Morgan fingerprint density at radius 3 is 1.83 bits per heavy atom. The number of nitrogens with zero attached hydrogens (tertiary/aromatic N) is 2. The molecule has 0 spiro atoms. The van der Waals surface area contributed by atoms with Gasteiger partial charge in [0.2, 0.25) is 5.91 Å². The van der Waals surface area contributed by atoms with Crippen LogP contribution in [-0.4, -0.2) is 61.5 Å². The van der Waals surface area contributed by atoms with Gasteiger partial charge < -0.3 is 9.16 Å². The Hall–Kier alpha value is -3.26. The van der Waals surface area contributed by atoms with Gasteiger partial charge in [0.15, 0.2) is 0 Å². The van der Waals surface area contributed by atoms with Gasteiger partial charge in [-0.2, -0.15) is 0 Å². The Balaban J connectivity index is 1.51. The molecule has 7 heteroatoms. The third-order valence-corrected chi connectivity index (χ3v) is 13.6. The molecule has 5 rings (SSSR count). The monoisotopic (exact) mass is 584 g/mol. The molecule has 0 radical (unpaired) electrons. The number of amides is 2. The van der Waals surface area contributed by atoms with Gasteiger partial charge in [0.05, 0.1) is 18.6 Å². The first-order valence-corrected chi connectivity index (χ1v) is 16.9. The van der Waals surface area contributed by atoms with E-state index in [1.165, 1.54) is 20.8 Å². The fourth-order valence-electron chi connectivity index (χ4n) is 6.78. The van der Waals surface area contributed by atoms with Gasteiger partial charge in [-0.25, -0.2) is 9.69 Å². The molecule has 6 nitrogen and oxygen atoms in total. The molecule has 0 bridgehead atoms. The van der Waals surface area contributed by atoms with Crippen molar-refractivity contribution in [3.8, 4) is 0 Å². The van der Waals surface area contributed by atoms with E-state index < -0.39 is 26.1 Å². The van der Waals surface area contributed by atoms with Gasteiger partial charge in [-0.05, 0) is 41.7 Å². The lowest BCUT2D eigenvalue weighted by atomic mass is 9.94. The summed E-state index contributed by atoms with van der Waals surface area (Å²) in [5, 5.41) is 2.12. The number of imide groups is 1. The van der Waals surface area contributed by atoms with Crippen LogP contribution in [0.5, 0.6) is 0 Å². The molecular formula is C35H44N2O4Si. The predicted molar refractivity (Wildman–Crippen MR) is 169 cm³/mol. The lowest BCUT2D eigenvalue weighted by Gasteiger charge is -2.44. The quantitative estimate of drug-likeness (QED) is 0.346. The number of hydrogen-bond donors (Lipinski definition) is 0. The first-order valence-electron chi connectivity index (χ1n) is 15.0. The summed E-state index contributed by atoms with van der Waals surface area (Å²) in [5.41, 5.74) is 0.506. The van der Waals surface area contributed by atoms with Crippen LogP contribution in [0.15, 0.2) is 91.0 Å². The SMILES string of the molecule is CC(C)(C)OC(=O)N1C(=O)C2CN(Cc3ccccc3)CC2[C@H]1CO[Si](c1ccccc1)(c1ccccc1)C(C)(C)C. The number of hydrogen-bond acceptors (Lipinski definition) is 5. The molecule has 222 valence electrons. The maximum atomic E-state index is 13.9. The topological polar surface area (TPSA) is 59.1 Å². The molecule has 0 N–H and O–H groups in total. The minimum absolute atomic E-state index is 0.0352. The maximum Gasteiger partial charge on any atom is 0.417 e. The summed E-state index contributed by atoms with van der Waals surface area (Å²) in [6.45, 7) is 14.6. The Morgan fingerprint density at radius 2 is 1.33 bits per heavy atom. The van der Waals surface area contributed by atoms with E-state index in [0.29, 0.717) is 6.54 Å². The van der Waals surface area contributed by atoms with Crippen LogP contribution in [0, 0.1) is 11.8 Å². The molecule has 2 saturated heterocycles. The van der Waals surface area contributed by atoms with Crippen molar-refractivity contribution in [2.45, 2.75) is 64.8 Å². The second-order valence-corrected chi connectivity index (χ2v) is 18.0. The van der Waals surface area contributed by atoms with Crippen molar-refractivity contribution in [2.24, 2.45) is 11.8 Å². The van der Waals surface area contributed by atoms with Crippen molar-refractivity contribution in [2.75, 3.05) is 19.7 Å². The Kier molecular flexibility index (Phi) is 8.48. The summed E-state index contributed by atoms with van der Waals surface area (Å²) >= 11 is 0.